The maximum Gasteiger partial charge on any atom is 0.347 e. The summed E-state index contributed by atoms with van der Waals surface area (Å²) in [5, 5.41) is 2.68. The van der Waals surface area contributed by atoms with Crippen molar-refractivity contribution >= 4 is 11.6 Å². The molecule has 22 heavy (non-hydrogen) atoms. The van der Waals surface area contributed by atoms with Gasteiger partial charge in [0.25, 0.3) is 5.56 Å². The van der Waals surface area contributed by atoms with Gasteiger partial charge in [0.15, 0.2) is 0 Å². The van der Waals surface area contributed by atoms with E-state index in [0.29, 0.717) is 16.9 Å². The Balaban J connectivity index is 2.25. The summed E-state index contributed by atoms with van der Waals surface area (Å²) in [5.74, 6) is -0.228. The van der Waals surface area contributed by atoms with Gasteiger partial charge in [-0.1, -0.05) is 18.2 Å². The molecule has 2 aromatic rings. The number of carbonyl (C=O) groups is 1. The molecule has 2 heterocycles. The van der Waals surface area contributed by atoms with Crippen molar-refractivity contribution in [3.63, 3.8) is 0 Å². The van der Waals surface area contributed by atoms with Crippen molar-refractivity contribution in [3.8, 4) is 0 Å². The molecule has 0 saturated heterocycles. The predicted molar refractivity (Wildman–Crippen MR) is 81.7 cm³/mol. The molecule has 1 amide bonds. The Bertz CT molecular complexity index is 849. The standard InChI is InChI=1S/C15H16N4O3/c1-15(2)11-10(8-16-13(15)21)12(20)17-14(22)19(11)18-9-6-4-3-5-7-9/h3-7,18H,8H2,1-2H3,(H,16,21)(H,17,20,22). The molecule has 1 aliphatic heterocycles. The van der Waals surface area contributed by atoms with Crippen molar-refractivity contribution in [2.75, 3.05) is 5.43 Å². The second kappa shape index (κ2) is 4.87. The van der Waals surface area contributed by atoms with E-state index in [1.807, 2.05) is 18.2 Å². The normalized spacial score (nSPS) is 15.8. The molecule has 7 heteroatoms. The first-order valence-electron chi connectivity index (χ1n) is 6.90. The van der Waals surface area contributed by atoms with E-state index in [1.54, 1.807) is 26.0 Å². The van der Waals surface area contributed by atoms with Gasteiger partial charge < -0.3 is 5.32 Å². The highest BCUT2D eigenvalue weighted by Crippen LogP contribution is 2.27. The molecule has 0 fully saturated rings. The van der Waals surface area contributed by atoms with Crippen molar-refractivity contribution < 1.29 is 4.79 Å². The number of anilines is 1. The molecule has 7 nitrogen and oxygen atoms in total. The van der Waals surface area contributed by atoms with E-state index in [0.717, 1.165) is 0 Å². The average molecular weight is 300 g/mol. The number of benzene rings is 1. The molecule has 114 valence electrons. The van der Waals surface area contributed by atoms with E-state index in [9.17, 15) is 14.4 Å². The summed E-state index contributed by atoms with van der Waals surface area (Å²) in [6, 6.07) is 9.08. The van der Waals surface area contributed by atoms with Gasteiger partial charge in [0.05, 0.1) is 28.9 Å². The summed E-state index contributed by atoms with van der Waals surface area (Å²) >= 11 is 0. The number of aromatic amines is 1. The minimum absolute atomic E-state index is 0.101. The fraction of sp³-hybridized carbons (Fsp3) is 0.267. The van der Waals surface area contributed by atoms with Gasteiger partial charge >= 0.3 is 5.69 Å². The Labute approximate surface area is 126 Å². The number of H-pyrrole nitrogens is 1. The van der Waals surface area contributed by atoms with Gasteiger partial charge in [-0.2, -0.15) is 0 Å². The lowest BCUT2D eigenvalue weighted by Gasteiger charge is -2.33. The fourth-order valence-corrected chi connectivity index (χ4v) is 2.64. The summed E-state index contributed by atoms with van der Waals surface area (Å²) in [5.41, 5.74) is 2.33. The second-order valence-corrected chi connectivity index (χ2v) is 5.71. The van der Waals surface area contributed by atoms with Gasteiger partial charge in [-0.3, -0.25) is 20.0 Å². The number of hydrogen-bond acceptors (Lipinski definition) is 4. The Kier molecular flexibility index (Phi) is 3.13. The van der Waals surface area contributed by atoms with Crippen LogP contribution in [0.4, 0.5) is 5.69 Å². The maximum atomic E-state index is 12.2. The van der Waals surface area contributed by atoms with E-state index in [-0.39, 0.29) is 12.5 Å². The minimum Gasteiger partial charge on any atom is -0.351 e. The third kappa shape index (κ3) is 2.11. The van der Waals surface area contributed by atoms with Crippen molar-refractivity contribution in [1.29, 1.82) is 0 Å². The Morgan fingerprint density at radius 2 is 1.82 bits per heavy atom. The topological polar surface area (TPSA) is 96.0 Å². The molecule has 1 aliphatic rings. The van der Waals surface area contributed by atoms with Gasteiger partial charge in [0, 0.05) is 0 Å². The van der Waals surface area contributed by atoms with E-state index in [2.05, 4.69) is 15.7 Å². The van der Waals surface area contributed by atoms with Crippen molar-refractivity contribution in [1.82, 2.24) is 15.0 Å². The number of nitrogens with zero attached hydrogens (tertiary/aromatic N) is 1. The molecule has 0 aliphatic carbocycles. The number of fused-ring (bicyclic) bond motifs is 1. The Morgan fingerprint density at radius 1 is 1.14 bits per heavy atom. The van der Waals surface area contributed by atoms with Gasteiger partial charge in [0.2, 0.25) is 5.91 Å². The van der Waals surface area contributed by atoms with E-state index in [4.69, 9.17) is 0 Å². The molecule has 0 unspecified atom stereocenters. The van der Waals surface area contributed by atoms with Gasteiger partial charge in [-0.05, 0) is 26.0 Å². The summed E-state index contributed by atoms with van der Waals surface area (Å²) in [7, 11) is 0. The lowest BCUT2D eigenvalue weighted by Crippen LogP contribution is -2.53. The first kappa shape index (κ1) is 14.1. The van der Waals surface area contributed by atoms with Crippen LogP contribution in [0.25, 0.3) is 0 Å². The Morgan fingerprint density at radius 3 is 2.50 bits per heavy atom. The molecular formula is C15H16N4O3. The van der Waals surface area contributed by atoms with E-state index < -0.39 is 16.7 Å². The van der Waals surface area contributed by atoms with Crippen LogP contribution in [0.2, 0.25) is 0 Å². The molecule has 0 atom stereocenters. The molecule has 3 rings (SSSR count). The first-order valence-corrected chi connectivity index (χ1v) is 6.90. The van der Waals surface area contributed by atoms with Crippen molar-refractivity contribution in [3.05, 3.63) is 62.4 Å². The zero-order valence-electron chi connectivity index (χ0n) is 12.3. The monoisotopic (exact) mass is 300 g/mol. The third-order valence-corrected chi connectivity index (χ3v) is 3.81. The minimum atomic E-state index is -0.997. The zero-order valence-corrected chi connectivity index (χ0v) is 12.3. The van der Waals surface area contributed by atoms with Crippen LogP contribution in [0.1, 0.15) is 25.1 Å². The molecule has 0 bridgehead atoms. The SMILES string of the molecule is CC1(C)C(=O)NCc2c1n(Nc1ccccc1)c(=O)[nH]c2=O. The molecule has 0 saturated carbocycles. The highest BCUT2D eigenvalue weighted by Gasteiger charge is 2.40. The van der Waals surface area contributed by atoms with E-state index in [1.165, 1.54) is 4.68 Å². The van der Waals surface area contributed by atoms with Crippen LogP contribution in [0, 0.1) is 0 Å². The maximum absolute atomic E-state index is 12.2. The first-order chi connectivity index (χ1) is 10.4. The number of aromatic nitrogens is 2. The van der Waals surface area contributed by atoms with Crippen LogP contribution in [-0.2, 0) is 16.8 Å². The quantitative estimate of drug-likeness (QED) is 0.744. The molecule has 0 radical (unpaired) electrons. The number of hydrogen-bond donors (Lipinski definition) is 3. The van der Waals surface area contributed by atoms with Crippen LogP contribution in [0.15, 0.2) is 39.9 Å². The number of amides is 1. The highest BCUT2D eigenvalue weighted by molar-refractivity contribution is 5.88. The van der Waals surface area contributed by atoms with Crippen molar-refractivity contribution in [2.24, 2.45) is 0 Å². The number of carbonyl (C=O) groups excluding carboxylic acids is 1. The smallest absolute Gasteiger partial charge is 0.347 e. The van der Waals surface area contributed by atoms with Crippen LogP contribution >= 0.6 is 0 Å². The summed E-state index contributed by atoms with van der Waals surface area (Å²) in [6.45, 7) is 3.47. The summed E-state index contributed by atoms with van der Waals surface area (Å²) in [4.78, 5) is 38.7. The molecular weight excluding hydrogens is 284 g/mol. The molecule has 1 aromatic carbocycles. The Hall–Kier alpha value is -2.83. The third-order valence-electron chi connectivity index (χ3n) is 3.81. The summed E-state index contributed by atoms with van der Waals surface area (Å²) < 4.78 is 1.24. The van der Waals surface area contributed by atoms with Crippen LogP contribution < -0.4 is 22.0 Å². The number of nitrogens with one attached hydrogen (secondary N) is 3. The van der Waals surface area contributed by atoms with Gasteiger partial charge in [0.1, 0.15) is 0 Å². The molecule has 0 spiro atoms. The van der Waals surface area contributed by atoms with Gasteiger partial charge in [-0.25, -0.2) is 9.47 Å². The number of para-hydroxylation sites is 1. The van der Waals surface area contributed by atoms with Crippen molar-refractivity contribution in [2.45, 2.75) is 25.8 Å². The summed E-state index contributed by atoms with van der Waals surface area (Å²) in [6.07, 6.45) is 0. The highest BCUT2D eigenvalue weighted by atomic mass is 16.2. The predicted octanol–water partition coefficient (Wildman–Crippen LogP) is 0.319. The van der Waals surface area contributed by atoms with Gasteiger partial charge in [-0.15, -0.1) is 0 Å². The lowest BCUT2D eigenvalue weighted by atomic mass is 9.82. The molecule has 1 aromatic heterocycles. The molecule has 3 N–H and O–H groups in total. The van der Waals surface area contributed by atoms with E-state index >= 15 is 0 Å². The van der Waals surface area contributed by atoms with Crippen LogP contribution in [0.5, 0.6) is 0 Å². The lowest BCUT2D eigenvalue weighted by molar-refractivity contribution is -0.126. The largest absolute Gasteiger partial charge is 0.351 e. The second-order valence-electron chi connectivity index (χ2n) is 5.71. The van der Waals surface area contributed by atoms with Crippen LogP contribution in [-0.4, -0.2) is 15.6 Å². The van der Waals surface area contributed by atoms with Crippen LogP contribution in [0.3, 0.4) is 0 Å². The fourth-order valence-electron chi connectivity index (χ4n) is 2.64. The zero-order chi connectivity index (χ0) is 15.9. The number of rotatable bonds is 2. The average Bonchev–Trinajstić information content (AvgIpc) is 2.48.